The van der Waals surface area contributed by atoms with Crippen molar-refractivity contribution >= 4 is 23.1 Å². The van der Waals surface area contributed by atoms with Crippen LogP contribution in [0.2, 0.25) is 0 Å². The lowest BCUT2D eigenvalue weighted by atomic mass is 10.1. The number of nitrogens with zero attached hydrogens (tertiary/aromatic N) is 2. The molecule has 0 unspecified atom stereocenters. The fraction of sp³-hybridized carbons (Fsp3) is 0.273. The van der Waals surface area contributed by atoms with Gasteiger partial charge in [-0.2, -0.15) is 4.98 Å². The second-order valence-corrected chi connectivity index (χ2v) is 6.71. The van der Waals surface area contributed by atoms with Crippen LogP contribution in [0.4, 0.5) is 23.1 Å². The number of rotatable bonds is 7. The minimum Gasteiger partial charge on any atom is -0.491 e. The van der Waals surface area contributed by atoms with Crippen molar-refractivity contribution in [3.05, 3.63) is 65.9 Å². The van der Waals surface area contributed by atoms with Crippen molar-refractivity contribution in [1.29, 1.82) is 0 Å². The number of aromatic nitrogens is 2. The molecule has 0 aliphatic carbocycles. The molecule has 1 aromatic heterocycles. The number of nitrogens with one attached hydrogen (secondary N) is 2. The number of benzene rings is 2. The predicted octanol–water partition coefficient (Wildman–Crippen LogP) is 5.62. The van der Waals surface area contributed by atoms with Gasteiger partial charge in [-0.15, -0.1) is 0 Å². The third-order valence-electron chi connectivity index (χ3n) is 3.97. The van der Waals surface area contributed by atoms with E-state index in [1.165, 1.54) is 5.56 Å². The molecule has 0 aliphatic rings. The standard InChI is InChI=1S/C22H26N4O/c1-5-17-6-8-18(9-7-17)24-21-14-16(4)23-22(26-21)25-19-10-12-20(13-11-19)27-15(2)3/h6-15H,5H2,1-4H3,(H2,23,24,25,26). The zero-order valence-electron chi connectivity index (χ0n) is 16.3. The summed E-state index contributed by atoms with van der Waals surface area (Å²) in [7, 11) is 0. The summed E-state index contributed by atoms with van der Waals surface area (Å²) in [6.45, 7) is 8.13. The van der Waals surface area contributed by atoms with Gasteiger partial charge in [-0.05, 0) is 69.2 Å². The highest BCUT2D eigenvalue weighted by Gasteiger charge is 2.05. The molecule has 0 aliphatic heterocycles. The molecule has 0 spiro atoms. The van der Waals surface area contributed by atoms with E-state index in [-0.39, 0.29) is 6.10 Å². The number of aryl methyl sites for hydroxylation is 2. The molecule has 1 heterocycles. The van der Waals surface area contributed by atoms with Gasteiger partial charge in [0.2, 0.25) is 5.95 Å². The van der Waals surface area contributed by atoms with E-state index >= 15 is 0 Å². The Bertz CT molecular complexity index is 874. The van der Waals surface area contributed by atoms with Crippen molar-refractivity contribution in [1.82, 2.24) is 9.97 Å². The minimum absolute atomic E-state index is 0.156. The first-order valence-corrected chi connectivity index (χ1v) is 9.27. The van der Waals surface area contributed by atoms with Crippen LogP contribution in [0.15, 0.2) is 54.6 Å². The van der Waals surface area contributed by atoms with Gasteiger partial charge in [-0.25, -0.2) is 4.98 Å². The van der Waals surface area contributed by atoms with Crippen LogP contribution in [0.3, 0.4) is 0 Å². The number of anilines is 4. The normalized spacial score (nSPS) is 10.7. The molecule has 0 atom stereocenters. The molecule has 2 aromatic carbocycles. The van der Waals surface area contributed by atoms with Crippen LogP contribution in [0, 0.1) is 6.92 Å². The highest BCUT2D eigenvalue weighted by Crippen LogP contribution is 2.22. The van der Waals surface area contributed by atoms with Crippen LogP contribution in [0.1, 0.15) is 32.0 Å². The lowest BCUT2D eigenvalue weighted by Gasteiger charge is -2.12. The molecule has 5 nitrogen and oxygen atoms in total. The minimum atomic E-state index is 0.156. The van der Waals surface area contributed by atoms with E-state index in [9.17, 15) is 0 Å². The van der Waals surface area contributed by atoms with Crippen LogP contribution < -0.4 is 15.4 Å². The Balaban J connectivity index is 1.72. The van der Waals surface area contributed by atoms with Crippen molar-refractivity contribution in [2.45, 2.75) is 40.2 Å². The van der Waals surface area contributed by atoms with Crippen molar-refractivity contribution in [3.63, 3.8) is 0 Å². The average molecular weight is 362 g/mol. The van der Waals surface area contributed by atoms with Gasteiger partial charge in [0.25, 0.3) is 0 Å². The van der Waals surface area contributed by atoms with E-state index in [4.69, 9.17) is 4.74 Å². The lowest BCUT2D eigenvalue weighted by Crippen LogP contribution is -2.05. The summed E-state index contributed by atoms with van der Waals surface area (Å²) < 4.78 is 5.67. The van der Waals surface area contributed by atoms with Crippen molar-refractivity contribution in [3.8, 4) is 5.75 Å². The van der Waals surface area contributed by atoms with E-state index in [1.54, 1.807) is 0 Å². The maximum Gasteiger partial charge on any atom is 0.229 e. The van der Waals surface area contributed by atoms with Crippen molar-refractivity contribution < 1.29 is 4.74 Å². The van der Waals surface area contributed by atoms with E-state index in [1.807, 2.05) is 51.1 Å². The monoisotopic (exact) mass is 362 g/mol. The quantitative estimate of drug-likeness (QED) is 0.571. The zero-order chi connectivity index (χ0) is 19.2. The fourth-order valence-electron chi connectivity index (χ4n) is 2.68. The second-order valence-electron chi connectivity index (χ2n) is 6.71. The molecule has 0 fully saturated rings. The van der Waals surface area contributed by atoms with Gasteiger partial charge in [-0.1, -0.05) is 19.1 Å². The highest BCUT2D eigenvalue weighted by molar-refractivity contribution is 5.60. The number of ether oxygens (including phenoxy) is 1. The third kappa shape index (κ3) is 5.45. The van der Waals surface area contributed by atoms with Crippen LogP contribution in [-0.2, 0) is 6.42 Å². The molecule has 0 amide bonds. The second kappa shape index (κ2) is 8.54. The summed E-state index contributed by atoms with van der Waals surface area (Å²) in [5.74, 6) is 2.16. The maximum absolute atomic E-state index is 5.67. The van der Waals surface area contributed by atoms with Gasteiger partial charge in [0.1, 0.15) is 11.6 Å². The molecule has 5 heteroatoms. The molecule has 3 rings (SSSR count). The maximum atomic E-state index is 5.67. The largest absolute Gasteiger partial charge is 0.491 e. The van der Waals surface area contributed by atoms with E-state index in [2.05, 4.69) is 51.8 Å². The van der Waals surface area contributed by atoms with Gasteiger partial charge in [-0.3, -0.25) is 0 Å². The molecule has 0 saturated carbocycles. The molecule has 0 bridgehead atoms. The van der Waals surface area contributed by atoms with E-state index < -0.39 is 0 Å². The Morgan fingerprint density at radius 2 is 1.52 bits per heavy atom. The average Bonchev–Trinajstić information content (AvgIpc) is 2.63. The van der Waals surface area contributed by atoms with Crippen LogP contribution in [0.25, 0.3) is 0 Å². The van der Waals surface area contributed by atoms with Crippen molar-refractivity contribution in [2.24, 2.45) is 0 Å². The van der Waals surface area contributed by atoms with Gasteiger partial charge in [0, 0.05) is 23.1 Å². The lowest BCUT2D eigenvalue weighted by molar-refractivity contribution is 0.242. The van der Waals surface area contributed by atoms with Crippen LogP contribution in [0.5, 0.6) is 5.75 Å². The first-order valence-electron chi connectivity index (χ1n) is 9.27. The van der Waals surface area contributed by atoms with E-state index in [0.29, 0.717) is 5.95 Å². The number of hydrogen-bond donors (Lipinski definition) is 2. The Morgan fingerprint density at radius 3 is 2.15 bits per heavy atom. The summed E-state index contributed by atoms with van der Waals surface area (Å²) >= 11 is 0. The molecular formula is C22H26N4O. The molecule has 2 N–H and O–H groups in total. The summed E-state index contributed by atoms with van der Waals surface area (Å²) in [6.07, 6.45) is 1.19. The first-order chi connectivity index (χ1) is 13.0. The van der Waals surface area contributed by atoms with Crippen LogP contribution in [-0.4, -0.2) is 16.1 Å². The van der Waals surface area contributed by atoms with Crippen molar-refractivity contribution in [2.75, 3.05) is 10.6 Å². The summed E-state index contributed by atoms with van der Waals surface area (Å²) in [5.41, 5.74) is 4.12. The smallest absolute Gasteiger partial charge is 0.229 e. The molecule has 140 valence electrons. The topological polar surface area (TPSA) is 59.1 Å². The molecule has 0 saturated heterocycles. The molecular weight excluding hydrogens is 336 g/mol. The van der Waals surface area contributed by atoms with Gasteiger partial charge < -0.3 is 15.4 Å². The molecule has 3 aromatic rings. The Labute approximate surface area is 160 Å². The Kier molecular flexibility index (Phi) is 5.91. The fourth-order valence-corrected chi connectivity index (χ4v) is 2.68. The zero-order valence-corrected chi connectivity index (χ0v) is 16.3. The van der Waals surface area contributed by atoms with Crippen LogP contribution >= 0.6 is 0 Å². The van der Waals surface area contributed by atoms with Gasteiger partial charge in [0.15, 0.2) is 0 Å². The predicted molar refractivity (Wildman–Crippen MR) is 111 cm³/mol. The SMILES string of the molecule is CCc1ccc(Nc2cc(C)nc(Nc3ccc(OC(C)C)cc3)n2)cc1. The first kappa shape index (κ1) is 18.7. The molecule has 0 radical (unpaired) electrons. The summed E-state index contributed by atoms with van der Waals surface area (Å²) in [6, 6.07) is 18.1. The molecule has 27 heavy (non-hydrogen) atoms. The number of hydrogen-bond acceptors (Lipinski definition) is 5. The highest BCUT2D eigenvalue weighted by atomic mass is 16.5. The Hall–Kier alpha value is -3.08. The van der Waals surface area contributed by atoms with E-state index in [0.717, 1.165) is 35.1 Å². The Morgan fingerprint density at radius 1 is 0.889 bits per heavy atom. The van der Waals surface area contributed by atoms with Gasteiger partial charge >= 0.3 is 0 Å². The summed E-state index contributed by atoms with van der Waals surface area (Å²) in [5, 5.41) is 6.59. The third-order valence-corrected chi connectivity index (χ3v) is 3.97. The summed E-state index contributed by atoms with van der Waals surface area (Å²) in [4.78, 5) is 9.05. The van der Waals surface area contributed by atoms with Gasteiger partial charge in [0.05, 0.1) is 6.10 Å².